The van der Waals surface area contributed by atoms with Crippen LogP contribution in [-0.4, -0.2) is 54.3 Å². The average molecular weight is 429 g/mol. The fraction of sp³-hybridized carbons (Fsp3) is 0.579. The van der Waals surface area contributed by atoms with Gasteiger partial charge in [0.05, 0.1) is 17.0 Å². The third kappa shape index (κ3) is 4.81. The lowest BCUT2D eigenvalue weighted by Crippen LogP contribution is -2.56. The van der Waals surface area contributed by atoms with Gasteiger partial charge in [0.25, 0.3) is 0 Å². The molecule has 0 amide bonds. The van der Waals surface area contributed by atoms with Gasteiger partial charge in [0.1, 0.15) is 30.6 Å². The van der Waals surface area contributed by atoms with Gasteiger partial charge in [-0.1, -0.05) is 31.5 Å². The molecule has 1 aromatic carbocycles. The van der Waals surface area contributed by atoms with Crippen LogP contribution in [0.5, 0.6) is 0 Å². The van der Waals surface area contributed by atoms with Crippen molar-refractivity contribution in [2.24, 2.45) is 0 Å². The molecule has 1 aliphatic carbocycles. The monoisotopic (exact) mass is 428 g/mol. The van der Waals surface area contributed by atoms with Gasteiger partial charge in [-0.25, -0.2) is 21.9 Å². The summed E-state index contributed by atoms with van der Waals surface area (Å²) in [5.41, 5.74) is 0. The van der Waals surface area contributed by atoms with Crippen LogP contribution in [0.4, 0.5) is 8.78 Å². The van der Waals surface area contributed by atoms with Gasteiger partial charge in [-0.05, 0) is 25.5 Å². The van der Waals surface area contributed by atoms with Gasteiger partial charge in [0, 0.05) is 13.0 Å². The van der Waals surface area contributed by atoms with E-state index < -0.39 is 40.6 Å². The minimum absolute atomic E-state index is 0.000885. The van der Waals surface area contributed by atoms with Crippen molar-refractivity contribution in [3.63, 3.8) is 0 Å². The quantitative estimate of drug-likeness (QED) is 0.654. The standard InChI is InChI=1S/C19H26F2N4O3S/c1-3-4-10-28-19-15(20)11-16(17(21)18(19)25-12-22-23-13(25)2)24-29(26,27)14-8-6-5-7-9-14/h5-9,12,15-19,24H,3-4,10-11H2,1-2H3/t15?,16-,17?,18-,19?/m0/s1. The molecule has 10 heteroatoms. The van der Waals surface area contributed by atoms with Gasteiger partial charge < -0.3 is 9.30 Å². The highest BCUT2D eigenvalue weighted by Gasteiger charge is 2.49. The molecule has 0 radical (unpaired) electrons. The van der Waals surface area contributed by atoms with Crippen molar-refractivity contribution >= 4 is 10.0 Å². The normalized spacial score (nSPS) is 27.8. The summed E-state index contributed by atoms with van der Waals surface area (Å²) in [6, 6.07) is 5.32. The highest BCUT2D eigenvalue weighted by Crippen LogP contribution is 2.37. The van der Waals surface area contributed by atoms with Crippen molar-refractivity contribution in [1.29, 1.82) is 0 Å². The molecule has 1 N–H and O–H groups in total. The number of aromatic nitrogens is 3. The maximum absolute atomic E-state index is 15.6. The molecule has 0 spiro atoms. The number of hydrogen-bond donors (Lipinski definition) is 1. The SMILES string of the molecule is CCCCOC1C(F)C[C@H](NS(=O)(=O)c2ccccc2)C(F)[C@@H]1n1cnnc1C. The van der Waals surface area contributed by atoms with Crippen molar-refractivity contribution < 1.29 is 21.9 Å². The predicted octanol–water partition coefficient (Wildman–Crippen LogP) is 2.74. The van der Waals surface area contributed by atoms with Crippen LogP contribution < -0.4 is 4.72 Å². The van der Waals surface area contributed by atoms with E-state index in [-0.39, 0.29) is 11.3 Å². The van der Waals surface area contributed by atoms with Gasteiger partial charge in [-0.15, -0.1) is 10.2 Å². The van der Waals surface area contributed by atoms with Gasteiger partial charge in [-0.3, -0.25) is 0 Å². The molecule has 1 fully saturated rings. The molecule has 5 atom stereocenters. The van der Waals surface area contributed by atoms with E-state index in [1.807, 2.05) is 6.92 Å². The highest BCUT2D eigenvalue weighted by molar-refractivity contribution is 7.89. The molecule has 3 rings (SSSR count). The molecule has 3 unspecified atom stereocenters. The molecule has 29 heavy (non-hydrogen) atoms. The first-order valence-electron chi connectivity index (χ1n) is 9.68. The Bertz CT molecular complexity index is 894. The Morgan fingerprint density at radius 1 is 1.28 bits per heavy atom. The number of sulfonamides is 1. The van der Waals surface area contributed by atoms with Crippen LogP contribution >= 0.6 is 0 Å². The first kappa shape index (κ1) is 21.8. The zero-order chi connectivity index (χ0) is 21.0. The maximum Gasteiger partial charge on any atom is 0.240 e. The van der Waals surface area contributed by atoms with Gasteiger partial charge >= 0.3 is 0 Å². The lowest BCUT2D eigenvalue weighted by molar-refractivity contribution is -0.0877. The number of aryl methyl sites for hydroxylation is 1. The average Bonchev–Trinajstić information content (AvgIpc) is 3.12. The van der Waals surface area contributed by atoms with Crippen LogP contribution in [0, 0.1) is 6.92 Å². The lowest BCUT2D eigenvalue weighted by atomic mass is 9.85. The summed E-state index contributed by atoms with van der Waals surface area (Å²) in [5.74, 6) is 0.403. The van der Waals surface area contributed by atoms with Crippen molar-refractivity contribution in [2.75, 3.05) is 6.61 Å². The van der Waals surface area contributed by atoms with E-state index in [0.717, 1.165) is 12.8 Å². The van der Waals surface area contributed by atoms with Gasteiger partial charge in [0.15, 0.2) is 0 Å². The third-order valence-electron chi connectivity index (χ3n) is 5.12. The second-order valence-corrected chi connectivity index (χ2v) is 8.92. The Kier molecular flexibility index (Phi) is 6.97. The Hall–Kier alpha value is -1.91. The summed E-state index contributed by atoms with van der Waals surface area (Å²) < 4.78 is 65.4. The minimum Gasteiger partial charge on any atom is -0.373 e. The van der Waals surface area contributed by atoms with Gasteiger partial charge in [-0.2, -0.15) is 0 Å². The second kappa shape index (κ2) is 9.27. The molecule has 2 aromatic rings. The molecule has 1 heterocycles. The van der Waals surface area contributed by atoms with E-state index in [4.69, 9.17) is 4.74 Å². The summed E-state index contributed by atoms with van der Waals surface area (Å²) in [4.78, 5) is 0.000885. The number of hydrogen-bond acceptors (Lipinski definition) is 5. The highest BCUT2D eigenvalue weighted by atomic mass is 32.2. The van der Waals surface area contributed by atoms with Crippen molar-refractivity contribution in [3.8, 4) is 0 Å². The molecular weight excluding hydrogens is 402 g/mol. The summed E-state index contributed by atoms with van der Waals surface area (Å²) in [6.07, 6.45) is -1.73. The summed E-state index contributed by atoms with van der Waals surface area (Å²) in [6.45, 7) is 3.91. The van der Waals surface area contributed by atoms with Crippen LogP contribution in [-0.2, 0) is 14.8 Å². The molecule has 160 valence electrons. The van der Waals surface area contributed by atoms with E-state index in [9.17, 15) is 8.42 Å². The summed E-state index contributed by atoms with van der Waals surface area (Å²) in [7, 11) is -3.99. The fourth-order valence-corrected chi connectivity index (χ4v) is 4.87. The van der Waals surface area contributed by atoms with Crippen LogP contribution in [0.15, 0.2) is 41.6 Å². The molecule has 0 bridgehead atoms. The Morgan fingerprint density at radius 2 is 2.00 bits per heavy atom. The van der Waals surface area contributed by atoms with E-state index >= 15 is 8.78 Å². The predicted molar refractivity (Wildman–Crippen MR) is 103 cm³/mol. The van der Waals surface area contributed by atoms with E-state index in [1.54, 1.807) is 25.1 Å². The molecule has 0 saturated heterocycles. The lowest BCUT2D eigenvalue weighted by Gasteiger charge is -2.41. The zero-order valence-electron chi connectivity index (χ0n) is 16.4. The summed E-state index contributed by atoms with van der Waals surface area (Å²) >= 11 is 0. The number of unbranched alkanes of at least 4 members (excludes halogenated alkanes) is 1. The van der Waals surface area contributed by atoms with Crippen LogP contribution in [0.2, 0.25) is 0 Å². The molecule has 0 aliphatic heterocycles. The van der Waals surface area contributed by atoms with Crippen LogP contribution in [0.1, 0.15) is 38.1 Å². The fourth-order valence-electron chi connectivity index (χ4n) is 3.59. The number of ether oxygens (including phenoxy) is 1. The minimum atomic E-state index is -3.99. The maximum atomic E-state index is 15.6. The number of benzene rings is 1. The first-order chi connectivity index (χ1) is 13.8. The Morgan fingerprint density at radius 3 is 2.62 bits per heavy atom. The molecule has 1 aliphatic rings. The number of halogens is 2. The first-order valence-corrected chi connectivity index (χ1v) is 11.2. The topological polar surface area (TPSA) is 86.1 Å². The number of nitrogens with zero attached hydrogens (tertiary/aromatic N) is 3. The molecular formula is C19H26F2N4O3S. The molecule has 1 saturated carbocycles. The van der Waals surface area contributed by atoms with E-state index in [1.165, 1.54) is 23.0 Å². The van der Waals surface area contributed by atoms with Crippen LogP contribution in [0.3, 0.4) is 0 Å². The number of rotatable bonds is 8. The molecule has 7 nitrogen and oxygen atoms in total. The zero-order valence-corrected chi connectivity index (χ0v) is 17.2. The van der Waals surface area contributed by atoms with Crippen LogP contribution in [0.25, 0.3) is 0 Å². The van der Waals surface area contributed by atoms with Crippen molar-refractivity contribution in [3.05, 3.63) is 42.5 Å². The number of alkyl halides is 2. The third-order valence-corrected chi connectivity index (χ3v) is 6.63. The Balaban J connectivity index is 1.87. The second-order valence-electron chi connectivity index (χ2n) is 7.20. The Labute approximate surface area is 169 Å². The number of nitrogens with one attached hydrogen (secondary N) is 1. The van der Waals surface area contributed by atoms with E-state index in [0.29, 0.717) is 12.4 Å². The van der Waals surface area contributed by atoms with Gasteiger partial charge in [0.2, 0.25) is 10.0 Å². The smallest absolute Gasteiger partial charge is 0.240 e. The molecule has 1 aromatic heterocycles. The van der Waals surface area contributed by atoms with Crippen molar-refractivity contribution in [1.82, 2.24) is 19.5 Å². The van der Waals surface area contributed by atoms with Crippen molar-refractivity contribution in [2.45, 2.75) is 68.5 Å². The summed E-state index contributed by atoms with van der Waals surface area (Å²) in [5, 5.41) is 7.62. The van der Waals surface area contributed by atoms with E-state index in [2.05, 4.69) is 14.9 Å². The largest absolute Gasteiger partial charge is 0.373 e.